The van der Waals surface area contributed by atoms with Crippen LogP contribution in [0.1, 0.15) is 19.8 Å². The van der Waals surface area contributed by atoms with E-state index < -0.39 is 11.9 Å². The van der Waals surface area contributed by atoms with Crippen LogP contribution in [0.3, 0.4) is 0 Å². The summed E-state index contributed by atoms with van der Waals surface area (Å²) in [6, 6.07) is 0. The fraction of sp³-hybridized carbons (Fsp3) is 0.400. The molecule has 0 aromatic rings. The molecule has 0 radical (unpaired) electrons. The number of amides is 1. The average molecular weight is 245 g/mol. The van der Waals surface area contributed by atoms with Crippen LogP contribution in [0.15, 0.2) is 22.9 Å². The fourth-order valence-corrected chi connectivity index (χ4v) is 1.39. The van der Waals surface area contributed by atoms with Crippen molar-refractivity contribution in [2.75, 3.05) is 6.61 Å². The third kappa shape index (κ3) is 3.94. The van der Waals surface area contributed by atoms with Crippen molar-refractivity contribution in [3.05, 3.63) is 22.9 Å². The number of carbonyl (C=O) groups is 2. The Hall–Kier alpha value is -1.49. The summed E-state index contributed by atoms with van der Waals surface area (Å²) >= 11 is 5.78. The van der Waals surface area contributed by atoms with Crippen molar-refractivity contribution in [3.63, 3.8) is 0 Å². The molecule has 0 fully saturated rings. The van der Waals surface area contributed by atoms with Gasteiger partial charge in [-0.15, -0.1) is 0 Å². The maximum absolute atomic E-state index is 11.1. The number of allylic oxidation sites excluding steroid dienone is 4. The molecule has 2 N–H and O–H groups in total. The first-order valence-electron chi connectivity index (χ1n) is 4.92. The van der Waals surface area contributed by atoms with E-state index in [1.54, 1.807) is 13.0 Å². The van der Waals surface area contributed by atoms with E-state index in [2.05, 4.69) is 15.6 Å². The third-order valence-electron chi connectivity index (χ3n) is 1.86. The van der Waals surface area contributed by atoms with Crippen molar-refractivity contribution in [3.8, 4) is 0 Å². The van der Waals surface area contributed by atoms with Gasteiger partial charge in [0.05, 0.1) is 6.61 Å². The molecule has 1 rings (SSSR count). The Morgan fingerprint density at radius 3 is 2.94 bits per heavy atom. The van der Waals surface area contributed by atoms with E-state index in [0.29, 0.717) is 5.03 Å². The smallest absolute Gasteiger partial charge is 0.398 e. The molecule has 0 atom stereocenters. The highest BCUT2D eigenvalue weighted by molar-refractivity contribution is 6.32. The predicted molar refractivity (Wildman–Crippen MR) is 59.2 cm³/mol. The molecule has 0 aromatic heterocycles. The summed E-state index contributed by atoms with van der Waals surface area (Å²) in [6.45, 7) is 1.80. The van der Waals surface area contributed by atoms with Gasteiger partial charge in [0.15, 0.2) is 0 Å². The minimum Gasteiger partial charge on any atom is -0.459 e. The van der Waals surface area contributed by atoms with Crippen molar-refractivity contribution in [1.82, 2.24) is 10.9 Å². The standard InChI is InChI=1S/C10H13ClN2O3/c1-2-16-10(15)9(14)13-12-8-5-3-4-7(11)6-8/h4,6,12H,2-3,5H2,1H3,(H,13,14). The molecule has 5 nitrogen and oxygen atoms in total. The minimum absolute atomic E-state index is 0.170. The molecule has 6 heteroatoms. The van der Waals surface area contributed by atoms with E-state index in [0.717, 1.165) is 18.5 Å². The maximum atomic E-state index is 11.1. The number of hydrogen-bond acceptors (Lipinski definition) is 4. The minimum atomic E-state index is -0.909. The summed E-state index contributed by atoms with van der Waals surface area (Å²) in [4.78, 5) is 22.1. The van der Waals surface area contributed by atoms with E-state index in [-0.39, 0.29) is 6.61 Å². The van der Waals surface area contributed by atoms with Crippen molar-refractivity contribution in [1.29, 1.82) is 0 Å². The van der Waals surface area contributed by atoms with E-state index in [4.69, 9.17) is 11.6 Å². The Balaban J connectivity index is 2.37. The second-order valence-corrected chi connectivity index (χ2v) is 3.53. The van der Waals surface area contributed by atoms with Gasteiger partial charge >= 0.3 is 11.9 Å². The Kier molecular flexibility index (Phi) is 4.85. The number of esters is 1. The molecule has 1 amide bonds. The summed E-state index contributed by atoms with van der Waals surface area (Å²) in [5, 5.41) is 0.610. The second kappa shape index (κ2) is 6.17. The topological polar surface area (TPSA) is 67.4 Å². The van der Waals surface area contributed by atoms with Gasteiger partial charge in [0.1, 0.15) is 0 Å². The van der Waals surface area contributed by atoms with E-state index in [1.807, 2.05) is 6.08 Å². The van der Waals surface area contributed by atoms with Crippen molar-refractivity contribution >= 4 is 23.5 Å². The molecular weight excluding hydrogens is 232 g/mol. The molecule has 88 valence electrons. The molecule has 1 aliphatic rings. The lowest BCUT2D eigenvalue weighted by Gasteiger charge is -2.13. The van der Waals surface area contributed by atoms with Gasteiger partial charge in [0, 0.05) is 10.7 Å². The van der Waals surface area contributed by atoms with Gasteiger partial charge < -0.3 is 10.2 Å². The van der Waals surface area contributed by atoms with Crippen LogP contribution in [-0.2, 0) is 14.3 Å². The van der Waals surface area contributed by atoms with Crippen LogP contribution in [0.4, 0.5) is 0 Å². The fourth-order valence-electron chi connectivity index (χ4n) is 1.15. The largest absolute Gasteiger partial charge is 0.459 e. The third-order valence-corrected chi connectivity index (χ3v) is 2.13. The van der Waals surface area contributed by atoms with Crippen molar-refractivity contribution in [2.45, 2.75) is 19.8 Å². The number of halogens is 1. The highest BCUT2D eigenvalue weighted by atomic mass is 35.5. The summed E-state index contributed by atoms with van der Waals surface area (Å²) in [5.74, 6) is -1.73. The monoisotopic (exact) mass is 244 g/mol. The van der Waals surface area contributed by atoms with Crippen LogP contribution in [0.2, 0.25) is 0 Å². The molecule has 0 spiro atoms. The van der Waals surface area contributed by atoms with Gasteiger partial charge in [-0.05, 0) is 25.8 Å². The van der Waals surface area contributed by atoms with Crippen LogP contribution >= 0.6 is 11.6 Å². The molecule has 0 saturated heterocycles. The zero-order valence-electron chi connectivity index (χ0n) is 8.88. The number of rotatable bonds is 3. The molecule has 1 aliphatic carbocycles. The Labute approximate surface area is 98.4 Å². The molecule has 0 aliphatic heterocycles. The van der Waals surface area contributed by atoms with Crippen LogP contribution < -0.4 is 10.9 Å². The van der Waals surface area contributed by atoms with Gasteiger partial charge in [-0.2, -0.15) is 0 Å². The molecular formula is C10H13ClN2O3. The van der Waals surface area contributed by atoms with Gasteiger partial charge in [-0.25, -0.2) is 4.79 Å². The molecule has 16 heavy (non-hydrogen) atoms. The van der Waals surface area contributed by atoms with Gasteiger partial charge in [-0.1, -0.05) is 17.7 Å². The lowest BCUT2D eigenvalue weighted by molar-refractivity contribution is -0.154. The normalized spacial score (nSPS) is 14.6. The lowest BCUT2D eigenvalue weighted by Crippen LogP contribution is -2.42. The summed E-state index contributed by atoms with van der Waals surface area (Å²) in [6.07, 6.45) is 5.10. The number of hydrazine groups is 1. The Morgan fingerprint density at radius 2 is 2.31 bits per heavy atom. The zero-order valence-corrected chi connectivity index (χ0v) is 9.63. The van der Waals surface area contributed by atoms with Crippen LogP contribution in [0, 0.1) is 0 Å². The summed E-state index contributed by atoms with van der Waals surface area (Å²) in [5.41, 5.74) is 5.62. The highest BCUT2D eigenvalue weighted by Gasteiger charge is 2.14. The molecule has 0 bridgehead atoms. The van der Waals surface area contributed by atoms with Gasteiger partial charge in [0.25, 0.3) is 0 Å². The highest BCUT2D eigenvalue weighted by Crippen LogP contribution is 2.17. The van der Waals surface area contributed by atoms with E-state index >= 15 is 0 Å². The molecule has 0 aromatic carbocycles. The number of carbonyl (C=O) groups excluding carboxylic acids is 2. The van der Waals surface area contributed by atoms with Crippen LogP contribution in [0.5, 0.6) is 0 Å². The van der Waals surface area contributed by atoms with Crippen LogP contribution in [0.25, 0.3) is 0 Å². The van der Waals surface area contributed by atoms with E-state index in [9.17, 15) is 9.59 Å². The quantitative estimate of drug-likeness (QED) is 0.441. The SMILES string of the molecule is CCOC(=O)C(=O)NNC1=CC(Cl)=CCC1. The van der Waals surface area contributed by atoms with Crippen molar-refractivity contribution < 1.29 is 14.3 Å². The average Bonchev–Trinajstić information content (AvgIpc) is 2.26. The van der Waals surface area contributed by atoms with Crippen LogP contribution in [-0.4, -0.2) is 18.5 Å². The molecule has 0 saturated carbocycles. The summed E-state index contributed by atoms with van der Waals surface area (Å²) < 4.78 is 4.52. The summed E-state index contributed by atoms with van der Waals surface area (Å²) in [7, 11) is 0. The van der Waals surface area contributed by atoms with E-state index in [1.165, 1.54) is 0 Å². The molecule has 0 heterocycles. The first-order valence-corrected chi connectivity index (χ1v) is 5.30. The number of ether oxygens (including phenoxy) is 1. The lowest BCUT2D eigenvalue weighted by atomic mass is 10.1. The maximum Gasteiger partial charge on any atom is 0.398 e. The van der Waals surface area contributed by atoms with Gasteiger partial charge in [-0.3, -0.25) is 10.2 Å². The Bertz CT molecular complexity index is 350. The second-order valence-electron chi connectivity index (χ2n) is 3.10. The predicted octanol–water partition coefficient (Wildman–Crippen LogP) is 0.971. The number of hydrogen-bond donors (Lipinski definition) is 2. The molecule has 0 unspecified atom stereocenters. The van der Waals surface area contributed by atoms with Gasteiger partial charge in [0.2, 0.25) is 0 Å². The first kappa shape index (κ1) is 12.6. The Morgan fingerprint density at radius 1 is 1.56 bits per heavy atom. The first-order chi connectivity index (χ1) is 7.63. The van der Waals surface area contributed by atoms with Crippen molar-refractivity contribution in [2.24, 2.45) is 0 Å². The number of nitrogens with one attached hydrogen (secondary N) is 2. The zero-order chi connectivity index (χ0) is 12.0.